The number of amides is 1. The number of aryl methyl sites for hydroxylation is 1. The Morgan fingerprint density at radius 1 is 1.38 bits per heavy atom. The molecule has 2 rings (SSSR count). The molecule has 1 amide bonds. The van der Waals surface area contributed by atoms with E-state index < -0.39 is 0 Å². The molecule has 0 fully saturated rings. The molecule has 0 saturated carbocycles. The highest BCUT2D eigenvalue weighted by atomic mass is 16.4. The third-order valence-corrected chi connectivity index (χ3v) is 2.06. The molecule has 0 radical (unpaired) electrons. The van der Waals surface area contributed by atoms with Crippen molar-refractivity contribution in [3.05, 3.63) is 41.8 Å². The van der Waals surface area contributed by atoms with Gasteiger partial charge in [-0.15, -0.1) is 0 Å². The highest BCUT2D eigenvalue weighted by Gasteiger charge is 2.10. The van der Waals surface area contributed by atoms with Crippen molar-refractivity contribution in [3.63, 3.8) is 0 Å². The van der Waals surface area contributed by atoms with Crippen molar-refractivity contribution in [1.29, 1.82) is 0 Å². The maximum Gasteiger partial charge on any atom is 0.292 e. The van der Waals surface area contributed by atoms with Crippen molar-refractivity contribution in [1.82, 2.24) is 4.98 Å². The van der Waals surface area contributed by atoms with Gasteiger partial charge in [0, 0.05) is 5.69 Å². The van der Waals surface area contributed by atoms with Crippen molar-refractivity contribution in [2.24, 2.45) is 0 Å². The van der Waals surface area contributed by atoms with E-state index in [1.54, 1.807) is 0 Å². The number of hydrogen-bond donors (Lipinski definition) is 2. The Balaban J connectivity index is 2.10. The normalized spacial score (nSPS) is 10.1. The Morgan fingerprint density at radius 3 is 2.62 bits per heavy atom. The molecule has 1 heterocycles. The van der Waals surface area contributed by atoms with E-state index in [-0.39, 0.29) is 17.6 Å². The molecular weight excluding hydrogens is 206 g/mol. The highest BCUT2D eigenvalue weighted by Crippen LogP contribution is 2.11. The first-order chi connectivity index (χ1) is 7.65. The summed E-state index contributed by atoms with van der Waals surface area (Å²) in [6, 6.07) is 7.43. The van der Waals surface area contributed by atoms with Gasteiger partial charge in [0.1, 0.15) is 6.26 Å². The zero-order chi connectivity index (χ0) is 11.5. The highest BCUT2D eigenvalue weighted by molar-refractivity contribution is 6.02. The van der Waals surface area contributed by atoms with E-state index in [0.717, 1.165) is 5.56 Å². The minimum absolute atomic E-state index is 0.0194. The molecule has 0 aliphatic heterocycles. The third-order valence-electron chi connectivity index (χ3n) is 2.06. The molecule has 0 aliphatic carbocycles. The summed E-state index contributed by atoms with van der Waals surface area (Å²) in [6.07, 6.45) is 1.22. The predicted octanol–water partition coefficient (Wildman–Crippen LogP) is 1.82. The molecule has 0 aliphatic rings. The van der Waals surface area contributed by atoms with Crippen molar-refractivity contribution in [2.75, 3.05) is 11.1 Å². The second-order valence-electron chi connectivity index (χ2n) is 3.39. The Hall–Kier alpha value is -2.30. The number of hydrogen-bond acceptors (Lipinski definition) is 4. The van der Waals surface area contributed by atoms with Crippen LogP contribution >= 0.6 is 0 Å². The number of aromatic nitrogens is 1. The van der Waals surface area contributed by atoms with E-state index in [1.807, 2.05) is 31.2 Å². The van der Waals surface area contributed by atoms with Crippen LogP contribution in [0.5, 0.6) is 0 Å². The van der Waals surface area contributed by atoms with E-state index in [0.29, 0.717) is 5.69 Å². The Morgan fingerprint density at radius 2 is 2.06 bits per heavy atom. The average molecular weight is 217 g/mol. The molecule has 0 saturated heterocycles. The number of nitrogens with zero attached hydrogens (tertiary/aromatic N) is 1. The molecule has 0 atom stereocenters. The van der Waals surface area contributed by atoms with Gasteiger partial charge in [-0.25, -0.2) is 0 Å². The van der Waals surface area contributed by atoms with Gasteiger partial charge in [0.25, 0.3) is 11.9 Å². The minimum Gasteiger partial charge on any atom is -0.431 e. The maximum atomic E-state index is 11.6. The molecule has 2 aromatic rings. The number of carbonyl (C=O) groups is 1. The predicted molar refractivity (Wildman–Crippen MR) is 60.0 cm³/mol. The number of nitrogen functional groups attached to an aromatic ring is 1. The number of nitrogens with two attached hydrogens (primary N) is 1. The molecule has 5 nitrogen and oxygen atoms in total. The zero-order valence-corrected chi connectivity index (χ0v) is 8.73. The fraction of sp³-hybridized carbons (Fsp3) is 0.0909. The Bertz CT molecular complexity index is 502. The van der Waals surface area contributed by atoms with E-state index in [9.17, 15) is 4.79 Å². The summed E-state index contributed by atoms with van der Waals surface area (Å²) < 4.78 is 4.75. The average Bonchev–Trinajstić information content (AvgIpc) is 2.68. The van der Waals surface area contributed by atoms with Crippen LogP contribution in [0.15, 0.2) is 34.9 Å². The van der Waals surface area contributed by atoms with Crippen LogP contribution in [0.25, 0.3) is 0 Å². The lowest BCUT2D eigenvalue weighted by atomic mass is 10.2. The number of benzene rings is 1. The van der Waals surface area contributed by atoms with Gasteiger partial charge in [0.15, 0.2) is 5.69 Å². The fourth-order valence-corrected chi connectivity index (χ4v) is 1.22. The molecule has 1 aromatic carbocycles. The first kappa shape index (κ1) is 10.2. The summed E-state index contributed by atoms with van der Waals surface area (Å²) in [5, 5.41) is 2.68. The van der Waals surface area contributed by atoms with Gasteiger partial charge >= 0.3 is 0 Å². The number of oxazole rings is 1. The van der Waals surface area contributed by atoms with E-state index in [1.165, 1.54) is 6.26 Å². The SMILES string of the molecule is Cc1ccc(NC(=O)c2coc(N)n2)cc1. The molecule has 0 bridgehead atoms. The number of nitrogens with one attached hydrogen (secondary N) is 1. The maximum absolute atomic E-state index is 11.6. The molecule has 5 heteroatoms. The number of rotatable bonds is 2. The minimum atomic E-state index is -0.343. The van der Waals surface area contributed by atoms with Crippen molar-refractivity contribution in [2.45, 2.75) is 6.92 Å². The van der Waals surface area contributed by atoms with E-state index >= 15 is 0 Å². The van der Waals surface area contributed by atoms with Gasteiger partial charge < -0.3 is 15.5 Å². The van der Waals surface area contributed by atoms with Gasteiger partial charge in [-0.3, -0.25) is 4.79 Å². The summed E-state index contributed by atoms with van der Waals surface area (Å²) in [4.78, 5) is 15.3. The lowest BCUT2D eigenvalue weighted by Crippen LogP contribution is -2.12. The van der Waals surface area contributed by atoms with Crippen molar-refractivity contribution < 1.29 is 9.21 Å². The van der Waals surface area contributed by atoms with Crippen molar-refractivity contribution in [3.8, 4) is 0 Å². The first-order valence-electron chi connectivity index (χ1n) is 4.74. The second-order valence-corrected chi connectivity index (χ2v) is 3.39. The molecule has 82 valence electrons. The number of anilines is 2. The molecule has 0 unspecified atom stereocenters. The van der Waals surface area contributed by atoms with Crippen LogP contribution in [0, 0.1) is 6.92 Å². The van der Waals surface area contributed by atoms with Crippen LogP contribution in [0.4, 0.5) is 11.7 Å². The van der Waals surface area contributed by atoms with Crippen LogP contribution in [-0.2, 0) is 0 Å². The lowest BCUT2D eigenvalue weighted by molar-refractivity contribution is 0.102. The standard InChI is InChI=1S/C11H11N3O2/c1-7-2-4-8(5-3-7)13-10(15)9-6-16-11(12)14-9/h2-6H,1H3,(H2,12,14)(H,13,15). The topological polar surface area (TPSA) is 81.2 Å². The van der Waals surface area contributed by atoms with Crippen LogP contribution < -0.4 is 11.1 Å². The summed E-state index contributed by atoms with van der Waals surface area (Å²) in [5.74, 6) is -0.343. The molecule has 3 N–H and O–H groups in total. The lowest BCUT2D eigenvalue weighted by Gasteiger charge is -2.02. The van der Waals surface area contributed by atoms with Crippen LogP contribution in [0.3, 0.4) is 0 Å². The summed E-state index contributed by atoms with van der Waals surface area (Å²) in [6.45, 7) is 1.98. The first-order valence-corrected chi connectivity index (χ1v) is 4.74. The fourth-order valence-electron chi connectivity index (χ4n) is 1.22. The van der Waals surface area contributed by atoms with Crippen molar-refractivity contribution >= 4 is 17.6 Å². The Labute approximate surface area is 92.3 Å². The summed E-state index contributed by atoms with van der Waals surface area (Å²) in [7, 11) is 0. The van der Waals surface area contributed by atoms with Crippen LogP contribution in [0.2, 0.25) is 0 Å². The number of carbonyl (C=O) groups excluding carboxylic acids is 1. The van der Waals surface area contributed by atoms with Gasteiger partial charge in [0.2, 0.25) is 0 Å². The summed E-state index contributed by atoms with van der Waals surface area (Å²) in [5.41, 5.74) is 7.27. The van der Waals surface area contributed by atoms with Gasteiger partial charge in [-0.2, -0.15) is 4.98 Å². The summed E-state index contributed by atoms with van der Waals surface area (Å²) >= 11 is 0. The smallest absolute Gasteiger partial charge is 0.292 e. The second kappa shape index (κ2) is 4.06. The van der Waals surface area contributed by atoms with Gasteiger partial charge in [0.05, 0.1) is 0 Å². The molecule has 16 heavy (non-hydrogen) atoms. The van der Waals surface area contributed by atoms with Crippen LogP contribution in [-0.4, -0.2) is 10.9 Å². The Kier molecular flexibility index (Phi) is 2.59. The molecule has 1 aromatic heterocycles. The molecule has 0 spiro atoms. The van der Waals surface area contributed by atoms with Gasteiger partial charge in [-0.1, -0.05) is 17.7 Å². The van der Waals surface area contributed by atoms with E-state index in [2.05, 4.69) is 10.3 Å². The monoisotopic (exact) mass is 217 g/mol. The quantitative estimate of drug-likeness (QED) is 0.803. The third kappa shape index (κ3) is 2.20. The molecular formula is C11H11N3O2. The van der Waals surface area contributed by atoms with Crippen LogP contribution in [0.1, 0.15) is 16.1 Å². The van der Waals surface area contributed by atoms with E-state index in [4.69, 9.17) is 10.2 Å². The largest absolute Gasteiger partial charge is 0.431 e. The van der Waals surface area contributed by atoms with Gasteiger partial charge in [-0.05, 0) is 19.1 Å². The zero-order valence-electron chi connectivity index (χ0n) is 8.73.